The van der Waals surface area contributed by atoms with E-state index in [1.807, 2.05) is 0 Å². The first kappa shape index (κ1) is 18.6. The fourth-order valence-electron chi connectivity index (χ4n) is 2.58. The first-order valence-corrected chi connectivity index (χ1v) is 11.6. The van der Waals surface area contributed by atoms with E-state index < -0.39 is 9.04 Å². The molecule has 0 spiro atoms. The summed E-state index contributed by atoms with van der Waals surface area (Å²) in [6, 6.07) is 13.2. The molecule has 2 nitrogen and oxygen atoms in total. The Bertz CT molecular complexity index is 701. The summed E-state index contributed by atoms with van der Waals surface area (Å²) < 4.78 is 6.21. The molecule has 0 bridgehead atoms. The molecule has 2 aromatic carbocycles. The average Bonchev–Trinajstić information content (AvgIpc) is 2.47. The summed E-state index contributed by atoms with van der Waals surface area (Å²) in [5.74, 6) is 1.04. The summed E-state index contributed by atoms with van der Waals surface area (Å²) in [6.45, 7) is 16.2. The van der Waals surface area contributed by atoms with Crippen molar-refractivity contribution in [3.05, 3.63) is 58.7 Å². The summed E-state index contributed by atoms with van der Waals surface area (Å²) in [4.78, 5) is 0. The number of hydrogen-bond donors (Lipinski definition) is 1. The van der Waals surface area contributed by atoms with Gasteiger partial charge in [0.05, 0.1) is 0 Å². The van der Waals surface area contributed by atoms with E-state index >= 15 is 0 Å². The highest BCUT2D eigenvalue weighted by Crippen LogP contribution is 2.29. The van der Waals surface area contributed by atoms with Crippen LogP contribution in [-0.4, -0.2) is 9.04 Å². The Morgan fingerprint density at radius 2 is 1.67 bits per heavy atom. The molecule has 2 rings (SSSR count). The fraction of sp³-hybridized carbons (Fsp3) is 0.429. The summed E-state index contributed by atoms with van der Waals surface area (Å²) >= 11 is 0. The lowest BCUT2D eigenvalue weighted by Crippen LogP contribution is -2.16. The van der Waals surface area contributed by atoms with Crippen LogP contribution in [0.5, 0.6) is 5.75 Å². The predicted molar refractivity (Wildman–Crippen MR) is 108 cm³/mol. The molecule has 130 valence electrons. The molecule has 0 atom stereocenters. The zero-order valence-electron chi connectivity index (χ0n) is 16.2. The minimum atomic E-state index is -1.14. The Labute approximate surface area is 149 Å². The molecule has 0 saturated carbocycles. The predicted octanol–water partition coefficient (Wildman–Crippen LogP) is 5.58. The third-order valence-corrected chi connectivity index (χ3v) is 5.01. The van der Waals surface area contributed by atoms with Gasteiger partial charge < -0.3 is 9.74 Å². The zero-order valence-corrected chi connectivity index (χ0v) is 17.3. The van der Waals surface area contributed by atoms with Crippen molar-refractivity contribution in [2.24, 2.45) is 0 Å². The minimum absolute atomic E-state index is 0.136. The van der Waals surface area contributed by atoms with E-state index in [4.69, 9.17) is 4.43 Å². The number of hydrogen-bond acceptors (Lipinski definition) is 2. The maximum atomic E-state index is 6.21. The molecular weight excluding hydrogens is 310 g/mol. The molecule has 0 heterocycles. The van der Waals surface area contributed by atoms with E-state index in [1.165, 1.54) is 22.3 Å². The molecule has 0 aliphatic rings. The van der Waals surface area contributed by atoms with E-state index in [0.717, 1.165) is 18.0 Å². The monoisotopic (exact) mass is 341 g/mol. The third-order valence-electron chi connectivity index (χ3n) is 4.29. The van der Waals surface area contributed by atoms with Crippen molar-refractivity contribution < 1.29 is 4.43 Å². The Hall–Kier alpha value is -1.74. The first-order chi connectivity index (χ1) is 11.2. The topological polar surface area (TPSA) is 21.3 Å². The van der Waals surface area contributed by atoms with Gasteiger partial charge in [-0.1, -0.05) is 39.0 Å². The molecule has 0 saturated heterocycles. The van der Waals surface area contributed by atoms with Crippen LogP contribution in [0.15, 0.2) is 36.4 Å². The van der Waals surface area contributed by atoms with Gasteiger partial charge in [0.25, 0.3) is 0 Å². The van der Waals surface area contributed by atoms with Crippen LogP contribution in [0.2, 0.25) is 13.1 Å². The summed E-state index contributed by atoms with van der Waals surface area (Å²) in [5.41, 5.74) is 6.48. The molecule has 0 aliphatic carbocycles. The molecule has 0 amide bonds. The second kappa shape index (κ2) is 7.43. The van der Waals surface area contributed by atoms with Crippen LogP contribution >= 0.6 is 0 Å². The van der Waals surface area contributed by atoms with Crippen molar-refractivity contribution in [1.29, 1.82) is 0 Å². The highest BCUT2D eigenvalue weighted by molar-refractivity contribution is 6.49. The molecule has 0 radical (unpaired) electrons. The van der Waals surface area contributed by atoms with Crippen LogP contribution in [0.4, 0.5) is 5.69 Å². The van der Waals surface area contributed by atoms with Crippen molar-refractivity contribution in [2.45, 2.75) is 59.7 Å². The lowest BCUT2D eigenvalue weighted by Gasteiger charge is -2.23. The lowest BCUT2D eigenvalue weighted by molar-refractivity contribution is 0.554. The van der Waals surface area contributed by atoms with Crippen LogP contribution in [-0.2, 0) is 12.0 Å². The van der Waals surface area contributed by atoms with Crippen molar-refractivity contribution in [2.75, 3.05) is 5.32 Å². The number of benzene rings is 2. The Morgan fingerprint density at radius 3 is 2.25 bits per heavy atom. The minimum Gasteiger partial charge on any atom is -0.547 e. The van der Waals surface area contributed by atoms with E-state index in [-0.39, 0.29) is 5.41 Å². The Kier molecular flexibility index (Phi) is 5.76. The van der Waals surface area contributed by atoms with Crippen LogP contribution in [0.25, 0.3) is 0 Å². The quantitative estimate of drug-likeness (QED) is 0.717. The molecule has 24 heavy (non-hydrogen) atoms. The molecular formula is C21H31NOSi. The molecule has 0 aromatic heterocycles. The van der Waals surface area contributed by atoms with E-state index in [2.05, 4.69) is 89.4 Å². The van der Waals surface area contributed by atoms with Gasteiger partial charge in [0.2, 0.25) is 9.04 Å². The van der Waals surface area contributed by atoms with Gasteiger partial charge in [-0.25, -0.2) is 0 Å². The van der Waals surface area contributed by atoms with Gasteiger partial charge in [0, 0.05) is 17.8 Å². The van der Waals surface area contributed by atoms with Gasteiger partial charge in [-0.3, -0.25) is 0 Å². The second-order valence-corrected chi connectivity index (χ2v) is 10.2. The van der Waals surface area contributed by atoms with Crippen molar-refractivity contribution in [3.63, 3.8) is 0 Å². The SMILES string of the molecule is Cc1ccc(NCc2ccc(C(C)(C)C)cc2O[SiH](C)C)cc1C. The van der Waals surface area contributed by atoms with Crippen molar-refractivity contribution in [3.8, 4) is 5.75 Å². The number of anilines is 1. The first-order valence-electron chi connectivity index (χ1n) is 8.78. The number of rotatable bonds is 5. The third kappa shape index (κ3) is 4.87. The van der Waals surface area contributed by atoms with Gasteiger partial charge in [-0.05, 0) is 67.2 Å². The van der Waals surface area contributed by atoms with Gasteiger partial charge in [-0.2, -0.15) is 0 Å². The highest BCUT2D eigenvalue weighted by Gasteiger charge is 2.16. The van der Waals surface area contributed by atoms with Crippen LogP contribution in [0, 0.1) is 13.8 Å². The molecule has 0 unspecified atom stereocenters. The second-order valence-electron chi connectivity index (χ2n) is 7.89. The van der Waals surface area contributed by atoms with Crippen molar-refractivity contribution >= 4 is 14.7 Å². The molecule has 0 aliphatic heterocycles. The maximum absolute atomic E-state index is 6.21. The Balaban J connectivity index is 2.23. The van der Waals surface area contributed by atoms with Gasteiger partial charge in [-0.15, -0.1) is 0 Å². The lowest BCUT2D eigenvalue weighted by atomic mass is 9.86. The fourth-order valence-corrected chi connectivity index (χ4v) is 3.31. The van der Waals surface area contributed by atoms with Crippen molar-refractivity contribution in [1.82, 2.24) is 0 Å². The molecule has 1 N–H and O–H groups in total. The highest BCUT2D eigenvalue weighted by atomic mass is 28.3. The zero-order chi connectivity index (χ0) is 17.9. The van der Waals surface area contributed by atoms with Crippen LogP contribution in [0.3, 0.4) is 0 Å². The number of nitrogens with one attached hydrogen (secondary N) is 1. The standard InChI is InChI=1S/C21H31NOSi/c1-15-8-11-19(12-16(15)2)22-14-17-9-10-18(21(3,4)5)13-20(17)23-24(6)7/h8-13,22,24H,14H2,1-7H3. The van der Waals surface area contributed by atoms with Crippen LogP contribution in [0.1, 0.15) is 43.0 Å². The van der Waals surface area contributed by atoms with Crippen LogP contribution < -0.4 is 9.74 Å². The molecule has 0 fully saturated rings. The number of aryl methyl sites for hydroxylation is 2. The summed E-state index contributed by atoms with van der Waals surface area (Å²) in [5, 5.41) is 3.54. The van der Waals surface area contributed by atoms with E-state index in [0.29, 0.717) is 0 Å². The smallest absolute Gasteiger partial charge is 0.229 e. The summed E-state index contributed by atoms with van der Waals surface area (Å²) in [6.07, 6.45) is 0. The summed E-state index contributed by atoms with van der Waals surface area (Å²) in [7, 11) is -1.14. The Morgan fingerprint density at radius 1 is 0.958 bits per heavy atom. The van der Waals surface area contributed by atoms with E-state index in [9.17, 15) is 0 Å². The van der Waals surface area contributed by atoms with Gasteiger partial charge >= 0.3 is 0 Å². The van der Waals surface area contributed by atoms with Gasteiger partial charge in [0.15, 0.2) is 0 Å². The van der Waals surface area contributed by atoms with Gasteiger partial charge in [0.1, 0.15) is 5.75 Å². The molecule has 3 heteroatoms. The normalized spacial score (nSPS) is 11.7. The van der Waals surface area contributed by atoms with E-state index in [1.54, 1.807) is 0 Å². The largest absolute Gasteiger partial charge is 0.547 e. The molecule has 2 aromatic rings. The average molecular weight is 342 g/mol. The maximum Gasteiger partial charge on any atom is 0.229 e.